The molecule has 0 atom stereocenters. The van der Waals surface area contributed by atoms with Crippen molar-refractivity contribution in [1.82, 2.24) is 35.1 Å². The second kappa shape index (κ2) is 9.58. The predicted molar refractivity (Wildman–Crippen MR) is 123 cm³/mol. The van der Waals surface area contributed by atoms with Crippen molar-refractivity contribution in [2.75, 3.05) is 49.1 Å². The van der Waals surface area contributed by atoms with E-state index in [2.05, 4.69) is 35.7 Å². The van der Waals surface area contributed by atoms with Crippen LogP contribution in [-0.4, -0.2) is 82.8 Å². The number of piperazine rings is 1. The molecule has 0 amide bonds. The standard InChI is InChI=1S/C21H26FN9O2S/c22-18-6-5-16(15-17(18)21-25-27-28-26-21)34(32,33)31-13-11-30(12-14-31)20-8-7-19(23-24-20)29-9-3-1-2-4-10-29/h5-8,15H,1-4,9-14H2,(H,25,26,27,28). The highest BCUT2D eigenvalue weighted by Crippen LogP contribution is 2.26. The van der Waals surface area contributed by atoms with E-state index in [0.717, 1.165) is 30.8 Å². The van der Waals surface area contributed by atoms with Crippen molar-refractivity contribution in [2.24, 2.45) is 0 Å². The number of tetrazole rings is 1. The van der Waals surface area contributed by atoms with E-state index in [4.69, 9.17) is 0 Å². The van der Waals surface area contributed by atoms with Crippen molar-refractivity contribution in [3.8, 4) is 11.4 Å². The smallest absolute Gasteiger partial charge is 0.243 e. The van der Waals surface area contributed by atoms with E-state index in [1.807, 2.05) is 17.0 Å². The van der Waals surface area contributed by atoms with Gasteiger partial charge in [0.2, 0.25) is 15.8 Å². The maximum Gasteiger partial charge on any atom is 0.243 e. The van der Waals surface area contributed by atoms with E-state index >= 15 is 0 Å². The normalized spacial score (nSPS) is 18.1. The molecule has 0 unspecified atom stereocenters. The molecule has 13 heteroatoms. The lowest BCUT2D eigenvalue weighted by atomic mass is 10.2. The number of nitrogens with zero attached hydrogens (tertiary/aromatic N) is 8. The maximum absolute atomic E-state index is 14.2. The Kier molecular flexibility index (Phi) is 6.37. The minimum absolute atomic E-state index is 0.00145. The maximum atomic E-state index is 14.2. The Labute approximate surface area is 197 Å². The quantitative estimate of drug-likeness (QED) is 0.572. The molecule has 0 spiro atoms. The first-order chi connectivity index (χ1) is 16.5. The number of nitrogens with one attached hydrogen (secondary N) is 1. The largest absolute Gasteiger partial charge is 0.355 e. The minimum Gasteiger partial charge on any atom is -0.355 e. The van der Waals surface area contributed by atoms with Gasteiger partial charge in [0.15, 0.2) is 11.6 Å². The second-order valence-corrected chi connectivity index (χ2v) is 10.4. The third-order valence-electron chi connectivity index (χ3n) is 6.29. The van der Waals surface area contributed by atoms with Crippen LogP contribution < -0.4 is 9.80 Å². The molecule has 2 fully saturated rings. The fourth-order valence-corrected chi connectivity index (χ4v) is 5.82. The molecule has 1 N–H and O–H groups in total. The summed E-state index contributed by atoms with van der Waals surface area (Å²) < 4.78 is 42.0. The van der Waals surface area contributed by atoms with Crippen molar-refractivity contribution in [3.63, 3.8) is 0 Å². The highest BCUT2D eigenvalue weighted by atomic mass is 32.2. The SMILES string of the molecule is O=S(=O)(c1ccc(F)c(-c2nn[nH]n2)c1)N1CCN(c2ccc(N3CCCCCC3)nn2)CC1. The summed E-state index contributed by atoms with van der Waals surface area (Å²) in [5.41, 5.74) is -0.0202. The molecule has 3 aromatic rings. The number of rotatable bonds is 5. The Morgan fingerprint density at radius 1 is 0.794 bits per heavy atom. The van der Waals surface area contributed by atoms with Crippen LogP contribution in [0.15, 0.2) is 35.2 Å². The van der Waals surface area contributed by atoms with Gasteiger partial charge in [0.25, 0.3) is 0 Å². The van der Waals surface area contributed by atoms with E-state index in [0.29, 0.717) is 13.1 Å². The summed E-state index contributed by atoms with van der Waals surface area (Å²) in [6, 6.07) is 7.56. The number of halogens is 1. The summed E-state index contributed by atoms with van der Waals surface area (Å²) in [5.74, 6) is 1.01. The Bertz CT molecular complexity index is 1210. The second-order valence-electron chi connectivity index (χ2n) is 8.42. The molecule has 34 heavy (non-hydrogen) atoms. The highest BCUT2D eigenvalue weighted by molar-refractivity contribution is 7.89. The third-order valence-corrected chi connectivity index (χ3v) is 8.19. The van der Waals surface area contributed by atoms with E-state index in [-0.39, 0.29) is 29.4 Å². The number of aromatic nitrogens is 6. The van der Waals surface area contributed by atoms with Crippen LogP contribution in [0.4, 0.5) is 16.0 Å². The summed E-state index contributed by atoms with van der Waals surface area (Å²) in [4.78, 5) is 4.30. The van der Waals surface area contributed by atoms with Gasteiger partial charge in [0.1, 0.15) is 5.82 Å². The average Bonchev–Trinajstić information content (AvgIpc) is 3.26. The molecule has 0 aliphatic carbocycles. The fraction of sp³-hybridized carbons (Fsp3) is 0.476. The van der Waals surface area contributed by atoms with Gasteiger partial charge in [0, 0.05) is 39.3 Å². The van der Waals surface area contributed by atoms with Gasteiger partial charge in [-0.3, -0.25) is 0 Å². The lowest BCUT2D eigenvalue weighted by Gasteiger charge is -2.34. The molecule has 5 rings (SSSR count). The molecule has 2 aliphatic heterocycles. The molecule has 1 aromatic carbocycles. The monoisotopic (exact) mass is 487 g/mol. The lowest BCUT2D eigenvalue weighted by Crippen LogP contribution is -2.49. The Balaban J connectivity index is 1.25. The van der Waals surface area contributed by atoms with Crippen molar-refractivity contribution in [3.05, 3.63) is 36.1 Å². The molecule has 180 valence electrons. The molecular formula is C21H26FN9O2S. The number of benzene rings is 1. The molecule has 0 radical (unpaired) electrons. The summed E-state index contributed by atoms with van der Waals surface area (Å²) in [6.07, 6.45) is 4.85. The zero-order valence-electron chi connectivity index (χ0n) is 18.6. The summed E-state index contributed by atoms with van der Waals surface area (Å²) in [6.45, 7) is 3.54. The van der Waals surface area contributed by atoms with Gasteiger partial charge < -0.3 is 9.80 Å². The van der Waals surface area contributed by atoms with Crippen LogP contribution in [0.3, 0.4) is 0 Å². The number of sulfonamides is 1. The van der Waals surface area contributed by atoms with Crippen LogP contribution in [0.25, 0.3) is 11.4 Å². The van der Waals surface area contributed by atoms with Crippen molar-refractivity contribution >= 4 is 21.7 Å². The molecule has 11 nitrogen and oxygen atoms in total. The summed E-state index contributed by atoms with van der Waals surface area (Å²) >= 11 is 0. The van der Waals surface area contributed by atoms with Crippen LogP contribution in [0.5, 0.6) is 0 Å². The molecule has 4 heterocycles. The number of hydrogen-bond donors (Lipinski definition) is 1. The first kappa shape index (κ1) is 22.6. The summed E-state index contributed by atoms with van der Waals surface area (Å²) in [5, 5.41) is 22.0. The first-order valence-corrected chi connectivity index (χ1v) is 12.8. The molecule has 0 saturated carbocycles. The van der Waals surface area contributed by atoms with Gasteiger partial charge >= 0.3 is 0 Å². The molecule has 0 bridgehead atoms. The molecule has 2 saturated heterocycles. The van der Waals surface area contributed by atoms with E-state index in [9.17, 15) is 12.8 Å². The Hall–Kier alpha value is -3.19. The van der Waals surface area contributed by atoms with Crippen molar-refractivity contribution in [2.45, 2.75) is 30.6 Å². The van der Waals surface area contributed by atoms with Gasteiger partial charge in [-0.15, -0.1) is 20.4 Å². The number of hydrogen-bond acceptors (Lipinski definition) is 9. The Morgan fingerprint density at radius 2 is 1.44 bits per heavy atom. The molecule has 2 aliphatic rings. The average molecular weight is 488 g/mol. The minimum atomic E-state index is -3.81. The van der Waals surface area contributed by atoms with Gasteiger partial charge in [-0.05, 0) is 48.4 Å². The first-order valence-electron chi connectivity index (χ1n) is 11.4. The van der Waals surface area contributed by atoms with Crippen molar-refractivity contribution in [1.29, 1.82) is 0 Å². The van der Waals surface area contributed by atoms with E-state index in [1.165, 1.54) is 42.1 Å². The zero-order valence-corrected chi connectivity index (χ0v) is 19.5. The van der Waals surface area contributed by atoms with Crippen molar-refractivity contribution < 1.29 is 12.8 Å². The van der Waals surface area contributed by atoms with Crippen LogP contribution in [0.2, 0.25) is 0 Å². The van der Waals surface area contributed by atoms with Gasteiger partial charge in [-0.1, -0.05) is 12.8 Å². The zero-order chi connectivity index (χ0) is 23.5. The number of anilines is 2. The summed E-state index contributed by atoms with van der Waals surface area (Å²) in [7, 11) is -3.81. The molecular weight excluding hydrogens is 461 g/mol. The van der Waals surface area contributed by atoms with E-state index in [1.54, 1.807) is 0 Å². The van der Waals surface area contributed by atoms with Gasteiger partial charge in [0.05, 0.1) is 10.5 Å². The highest BCUT2D eigenvalue weighted by Gasteiger charge is 2.30. The number of H-pyrrole nitrogens is 1. The predicted octanol–water partition coefficient (Wildman–Crippen LogP) is 1.69. The number of aromatic amines is 1. The van der Waals surface area contributed by atoms with E-state index < -0.39 is 15.8 Å². The van der Waals surface area contributed by atoms with Gasteiger partial charge in [-0.25, -0.2) is 12.8 Å². The molecule has 2 aromatic heterocycles. The Morgan fingerprint density at radius 3 is 2.03 bits per heavy atom. The van der Waals surface area contributed by atoms with Crippen LogP contribution in [-0.2, 0) is 10.0 Å². The van der Waals surface area contributed by atoms with Crippen LogP contribution >= 0.6 is 0 Å². The van der Waals surface area contributed by atoms with Gasteiger partial charge in [-0.2, -0.15) is 9.52 Å². The van der Waals surface area contributed by atoms with Crippen LogP contribution in [0, 0.1) is 5.82 Å². The lowest BCUT2D eigenvalue weighted by molar-refractivity contribution is 0.383. The topological polar surface area (TPSA) is 124 Å². The fourth-order valence-electron chi connectivity index (χ4n) is 4.37. The third kappa shape index (κ3) is 4.57. The van der Waals surface area contributed by atoms with Crippen LogP contribution in [0.1, 0.15) is 25.7 Å².